The molecule has 32 heavy (non-hydrogen) atoms. The number of amides is 2. The molecule has 4 aromatic rings. The van der Waals surface area contributed by atoms with Crippen LogP contribution in [0.3, 0.4) is 0 Å². The number of methoxy groups -OCH3 is 1. The third-order valence-corrected chi connectivity index (χ3v) is 5.71. The van der Waals surface area contributed by atoms with Crippen LogP contribution in [0.5, 0.6) is 5.75 Å². The first kappa shape index (κ1) is 19.8. The van der Waals surface area contributed by atoms with Gasteiger partial charge in [-0.25, -0.2) is 14.5 Å². The summed E-state index contributed by atoms with van der Waals surface area (Å²) in [7, 11) is 1.65. The van der Waals surface area contributed by atoms with Gasteiger partial charge in [-0.1, -0.05) is 18.2 Å². The Morgan fingerprint density at radius 3 is 2.56 bits per heavy atom. The van der Waals surface area contributed by atoms with Gasteiger partial charge in [0.15, 0.2) is 0 Å². The van der Waals surface area contributed by atoms with E-state index in [-0.39, 0.29) is 6.03 Å². The number of rotatable bonds is 3. The van der Waals surface area contributed by atoms with Gasteiger partial charge in [0.2, 0.25) is 0 Å². The molecule has 0 fully saturated rings. The van der Waals surface area contributed by atoms with Crippen molar-refractivity contribution in [3.8, 4) is 22.7 Å². The number of hydrogen-bond acceptors (Lipinski definition) is 4. The van der Waals surface area contributed by atoms with Crippen LogP contribution in [0.15, 0.2) is 72.9 Å². The van der Waals surface area contributed by atoms with E-state index in [0.717, 1.165) is 39.6 Å². The number of carbonyl (C=O) groups is 1. The van der Waals surface area contributed by atoms with Crippen molar-refractivity contribution < 1.29 is 9.53 Å². The molecule has 3 heterocycles. The molecule has 1 aliphatic heterocycles. The summed E-state index contributed by atoms with van der Waals surface area (Å²) in [5.41, 5.74) is 5.57. The van der Waals surface area contributed by atoms with Crippen LogP contribution < -0.4 is 15.0 Å². The number of carbonyl (C=O) groups excluding carboxylic acids is 1. The standard InChI is InChI=1S/C25H23N5O2/c1-17-21-14-16-29(25(31)27-18-7-4-3-5-8-18)24-22(9-6-15-26-24)23(21)28-30(17)19-10-12-20(32-2)13-11-19/h3-13,15H,14,16H2,1-2H3,(H,27,31). The van der Waals surface area contributed by atoms with Gasteiger partial charge in [0.1, 0.15) is 11.6 Å². The molecule has 1 N–H and O–H groups in total. The number of benzene rings is 2. The number of urea groups is 1. The molecule has 2 amide bonds. The minimum Gasteiger partial charge on any atom is -0.497 e. The Hall–Kier alpha value is -4.13. The molecule has 0 saturated heterocycles. The quantitative estimate of drug-likeness (QED) is 0.510. The van der Waals surface area contributed by atoms with Crippen molar-refractivity contribution in [1.29, 1.82) is 0 Å². The van der Waals surface area contributed by atoms with Crippen LogP contribution in [0.25, 0.3) is 16.9 Å². The lowest BCUT2D eigenvalue weighted by Crippen LogP contribution is -2.37. The lowest BCUT2D eigenvalue weighted by Gasteiger charge is -2.22. The highest BCUT2D eigenvalue weighted by Crippen LogP contribution is 2.36. The molecule has 5 rings (SSSR count). The average Bonchev–Trinajstić information content (AvgIpc) is 3.06. The van der Waals surface area contributed by atoms with E-state index in [9.17, 15) is 4.79 Å². The first-order valence-electron chi connectivity index (χ1n) is 10.5. The molecule has 0 radical (unpaired) electrons. The van der Waals surface area contributed by atoms with Crippen LogP contribution in [0, 0.1) is 6.92 Å². The number of hydrogen-bond donors (Lipinski definition) is 1. The highest BCUT2D eigenvalue weighted by molar-refractivity contribution is 6.03. The second kappa shape index (κ2) is 8.19. The predicted molar refractivity (Wildman–Crippen MR) is 125 cm³/mol. The predicted octanol–water partition coefficient (Wildman–Crippen LogP) is 4.85. The Labute approximate surface area is 186 Å². The summed E-state index contributed by atoms with van der Waals surface area (Å²) in [6.07, 6.45) is 2.38. The van der Waals surface area contributed by atoms with E-state index < -0.39 is 0 Å². The maximum absolute atomic E-state index is 13.1. The molecule has 7 nitrogen and oxygen atoms in total. The summed E-state index contributed by atoms with van der Waals surface area (Å²) < 4.78 is 7.22. The van der Waals surface area contributed by atoms with E-state index in [2.05, 4.69) is 17.2 Å². The molecule has 0 atom stereocenters. The van der Waals surface area contributed by atoms with Crippen LogP contribution in [-0.2, 0) is 6.42 Å². The SMILES string of the molecule is COc1ccc(-n2nc3c(c2C)CCN(C(=O)Nc2ccccc2)c2ncccc2-3)cc1. The Balaban J connectivity index is 1.54. The van der Waals surface area contributed by atoms with E-state index in [1.54, 1.807) is 18.2 Å². The monoisotopic (exact) mass is 425 g/mol. The third-order valence-electron chi connectivity index (χ3n) is 5.71. The maximum atomic E-state index is 13.1. The molecule has 2 aromatic heterocycles. The Morgan fingerprint density at radius 2 is 1.81 bits per heavy atom. The number of ether oxygens (including phenoxy) is 1. The number of nitrogens with zero attached hydrogens (tertiary/aromatic N) is 4. The zero-order chi connectivity index (χ0) is 22.1. The van der Waals surface area contributed by atoms with Gasteiger partial charge in [-0.05, 0) is 61.9 Å². The van der Waals surface area contributed by atoms with Crippen molar-refractivity contribution >= 4 is 17.5 Å². The Kier molecular flexibility index (Phi) is 5.07. The second-order valence-electron chi connectivity index (χ2n) is 7.59. The molecule has 2 aromatic carbocycles. The van der Waals surface area contributed by atoms with Crippen LogP contribution >= 0.6 is 0 Å². The first-order chi connectivity index (χ1) is 15.7. The zero-order valence-electron chi connectivity index (χ0n) is 17.9. The highest BCUT2D eigenvalue weighted by atomic mass is 16.5. The number of aromatic nitrogens is 3. The Bertz CT molecular complexity index is 1270. The molecule has 1 aliphatic rings. The van der Waals surface area contributed by atoms with Crippen LogP contribution in [0.1, 0.15) is 11.3 Å². The van der Waals surface area contributed by atoms with Crippen molar-refractivity contribution in [3.63, 3.8) is 0 Å². The topological polar surface area (TPSA) is 72.3 Å². The van der Waals surface area contributed by atoms with Gasteiger partial charge >= 0.3 is 6.03 Å². The van der Waals surface area contributed by atoms with Crippen LogP contribution in [0.4, 0.5) is 16.3 Å². The van der Waals surface area contributed by atoms with Crippen molar-refractivity contribution in [1.82, 2.24) is 14.8 Å². The van der Waals surface area contributed by atoms with Crippen molar-refractivity contribution in [2.45, 2.75) is 13.3 Å². The maximum Gasteiger partial charge on any atom is 0.327 e. The molecule has 160 valence electrons. The van der Waals surface area contributed by atoms with Gasteiger partial charge in [0.05, 0.1) is 18.5 Å². The number of anilines is 2. The third kappa shape index (κ3) is 3.47. The Morgan fingerprint density at radius 1 is 1.03 bits per heavy atom. The van der Waals surface area contributed by atoms with Crippen LogP contribution in [0.2, 0.25) is 0 Å². The molecular weight excluding hydrogens is 402 g/mol. The van der Waals surface area contributed by atoms with Gasteiger partial charge in [-0.2, -0.15) is 5.10 Å². The summed E-state index contributed by atoms with van der Waals surface area (Å²) >= 11 is 0. The molecule has 0 saturated carbocycles. The van der Waals surface area contributed by atoms with E-state index in [0.29, 0.717) is 18.8 Å². The number of nitrogens with one attached hydrogen (secondary N) is 1. The summed E-state index contributed by atoms with van der Waals surface area (Å²) in [4.78, 5) is 19.4. The number of pyridine rings is 1. The normalized spacial score (nSPS) is 12.5. The first-order valence-corrected chi connectivity index (χ1v) is 10.5. The largest absolute Gasteiger partial charge is 0.497 e. The smallest absolute Gasteiger partial charge is 0.327 e. The van der Waals surface area contributed by atoms with Crippen molar-refractivity contribution in [3.05, 3.63) is 84.2 Å². The van der Waals surface area contributed by atoms with Gasteiger partial charge in [0, 0.05) is 35.2 Å². The van der Waals surface area contributed by atoms with Gasteiger partial charge in [0.25, 0.3) is 0 Å². The second-order valence-corrected chi connectivity index (χ2v) is 7.59. The summed E-state index contributed by atoms with van der Waals surface area (Å²) in [6, 6.07) is 20.9. The fourth-order valence-corrected chi connectivity index (χ4v) is 4.06. The van der Waals surface area contributed by atoms with Crippen molar-refractivity contribution in [2.24, 2.45) is 0 Å². The summed E-state index contributed by atoms with van der Waals surface area (Å²) in [5.74, 6) is 1.41. The van der Waals surface area contributed by atoms with Crippen molar-refractivity contribution in [2.75, 3.05) is 23.9 Å². The summed E-state index contributed by atoms with van der Waals surface area (Å²) in [5, 5.41) is 7.90. The van der Waals surface area contributed by atoms with Gasteiger partial charge in [-0.15, -0.1) is 0 Å². The van der Waals surface area contributed by atoms with E-state index >= 15 is 0 Å². The number of para-hydroxylation sites is 1. The molecule has 7 heteroatoms. The molecule has 0 unspecified atom stereocenters. The molecular formula is C25H23N5O2. The highest BCUT2D eigenvalue weighted by Gasteiger charge is 2.29. The van der Waals surface area contributed by atoms with Gasteiger partial charge in [-0.3, -0.25) is 4.90 Å². The minimum absolute atomic E-state index is 0.206. The fraction of sp³-hybridized carbons (Fsp3) is 0.160. The summed E-state index contributed by atoms with van der Waals surface area (Å²) in [6.45, 7) is 2.57. The molecule has 0 bridgehead atoms. The van der Waals surface area contributed by atoms with E-state index in [1.165, 1.54) is 0 Å². The lowest BCUT2D eigenvalue weighted by molar-refractivity contribution is 0.257. The van der Waals surface area contributed by atoms with E-state index in [1.807, 2.05) is 71.4 Å². The van der Waals surface area contributed by atoms with E-state index in [4.69, 9.17) is 9.84 Å². The fourth-order valence-electron chi connectivity index (χ4n) is 4.06. The minimum atomic E-state index is -0.206. The molecule has 0 spiro atoms. The average molecular weight is 425 g/mol. The number of fused-ring (bicyclic) bond motifs is 3. The molecule has 0 aliphatic carbocycles. The zero-order valence-corrected chi connectivity index (χ0v) is 17.9. The lowest BCUT2D eigenvalue weighted by atomic mass is 10.1. The van der Waals surface area contributed by atoms with Gasteiger partial charge < -0.3 is 10.1 Å². The van der Waals surface area contributed by atoms with Crippen LogP contribution in [-0.4, -0.2) is 34.5 Å².